The van der Waals surface area contributed by atoms with Crippen LogP contribution in [0.1, 0.15) is 16.1 Å². The monoisotopic (exact) mass is 275 g/mol. The minimum absolute atomic E-state index is 0.0252. The van der Waals surface area contributed by atoms with Crippen molar-refractivity contribution in [1.82, 2.24) is 4.90 Å². The Kier molecular flexibility index (Phi) is 2.90. The number of aliphatic hydroxyl groups excluding tert-OH is 1. The van der Waals surface area contributed by atoms with Crippen molar-refractivity contribution in [2.24, 2.45) is 0 Å². The molecule has 14 heavy (non-hydrogen) atoms. The number of thiophene rings is 1. The Labute approximate surface area is 94.5 Å². The Hall–Kier alpha value is -0.390. The van der Waals surface area contributed by atoms with Gasteiger partial charge in [0.25, 0.3) is 5.91 Å². The largest absolute Gasteiger partial charge is 0.391 e. The van der Waals surface area contributed by atoms with Gasteiger partial charge < -0.3 is 10.0 Å². The Morgan fingerprint density at radius 3 is 2.93 bits per heavy atom. The molecule has 76 valence electrons. The molecule has 0 unspecified atom stereocenters. The van der Waals surface area contributed by atoms with Crippen molar-refractivity contribution in [2.45, 2.75) is 12.5 Å². The molecule has 1 amide bonds. The number of hydrogen-bond donors (Lipinski definition) is 1. The molecule has 0 aromatic carbocycles. The molecule has 5 heteroatoms. The number of likely N-dealkylation sites (tertiary alicyclic amines) is 1. The van der Waals surface area contributed by atoms with Gasteiger partial charge in [-0.05, 0) is 34.5 Å². The van der Waals surface area contributed by atoms with Gasteiger partial charge in [-0.1, -0.05) is 0 Å². The molecule has 0 aliphatic carbocycles. The van der Waals surface area contributed by atoms with E-state index in [1.54, 1.807) is 4.90 Å². The van der Waals surface area contributed by atoms with Crippen LogP contribution in [-0.2, 0) is 0 Å². The van der Waals surface area contributed by atoms with Crippen LogP contribution >= 0.6 is 27.3 Å². The molecular formula is C9H10BrNO2S. The molecule has 1 atom stereocenters. The number of nitrogens with zero attached hydrogens (tertiary/aromatic N) is 1. The van der Waals surface area contributed by atoms with Crippen LogP contribution in [0.5, 0.6) is 0 Å². The maximum absolute atomic E-state index is 11.8. The van der Waals surface area contributed by atoms with Crippen molar-refractivity contribution in [3.63, 3.8) is 0 Å². The standard InChI is InChI=1S/C9H10BrNO2S/c10-8-2-1-7(14-8)9(13)11-4-3-6(12)5-11/h1-2,6,12H,3-5H2/t6-/m1/s1. The molecule has 1 N–H and O–H groups in total. The number of carbonyl (C=O) groups is 1. The minimum atomic E-state index is -0.345. The quantitative estimate of drug-likeness (QED) is 0.848. The van der Waals surface area contributed by atoms with E-state index in [-0.39, 0.29) is 12.0 Å². The summed E-state index contributed by atoms with van der Waals surface area (Å²) in [7, 11) is 0. The van der Waals surface area contributed by atoms with Gasteiger partial charge in [-0.3, -0.25) is 4.79 Å². The van der Waals surface area contributed by atoms with Gasteiger partial charge in [0.1, 0.15) is 0 Å². The molecule has 2 heterocycles. The second kappa shape index (κ2) is 4.00. The SMILES string of the molecule is O=C(c1ccc(Br)s1)N1CC[C@@H](O)C1. The maximum atomic E-state index is 11.8. The van der Waals surface area contributed by atoms with Crippen molar-refractivity contribution in [1.29, 1.82) is 0 Å². The molecule has 1 aliphatic heterocycles. The number of halogens is 1. The van der Waals surface area contributed by atoms with E-state index in [1.807, 2.05) is 12.1 Å². The summed E-state index contributed by atoms with van der Waals surface area (Å²) in [5, 5.41) is 9.30. The average molecular weight is 276 g/mol. The van der Waals surface area contributed by atoms with E-state index in [0.29, 0.717) is 19.5 Å². The van der Waals surface area contributed by atoms with E-state index >= 15 is 0 Å². The molecule has 1 saturated heterocycles. The van der Waals surface area contributed by atoms with E-state index in [1.165, 1.54) is 11.3 Å². The van der Waals surface area contributed by atoms with E-state index in [2.05, 4.69) is 15.9 Å². The molecule has 3 nitrogen and oxygen atoms in total. The van der Waals surface area contributed by atoms with E-state index < -0.39 is 0 Å². The average Bonchev–Trinajstić information content (AvgIpc) is 2.73. The van der Waals surface area contributed by atoms with Crippen LogP contribution in [0.2, 0.25) is 0 Å². The van der Waals surface area contributed by atoms with Crippen LogP contribution in [-0.4, -0.2) is 35.1 Å². The van der Waals surface area contributed by atoms with Crippen molar-refractivity contribution >= 4 is 33.2 Å². The third kappa shape index (κ3) is 1.99. The first kappa shape index (κ1) is 10.1. The highest BCUT2D eigenvalue weighted by atomic mass is 79.9. The Morgan fingerprint density at radius 2 is 2.43 bits per heavy atom. The summed E-state index contributed by atoms with van der Waals surface area (Å²) >= 11 is 4.75. The molecule has 0 saturated carbocycles. The van der Waals surface area contributed by atoms with Gasteiger partial charge in [-0.2, -0.15) is 0 Å². The number of β-amino-alcohol motifs (C(OH)–C–C–N with tert-alkyl or cyclic N) is 1. The van der Waals surface area contributed by atoms with Gasteiger partial charge in [0.2, 0.25) is 0 Å². The fourth-order valence-electron chi connectivity index (χ4n) is 1.51. The molecule has 2 rings (SSSR count). The van der Waals surface area contributed by atoms with Crippen molar-refractivity contribution in [3.8, 4) is 0 Å². The van der Waals surface area contributed by atoms with Crippen LogP contribution < -0.4 is 0 Å². The fraction of sp³-hybridized carbons (Fsp3) is 0.444. The van der Waals surface area contributed by atoms with Gasteiger partial charge in [0.15, 0.2) is 0 Å². The number of amides is 1. The predicted molar refractivity (Wildman–Crippen MR) is 58.5 cm³/mol. The molecule has 0 spiro atoms. The van der Waals surface area contributed by atoms with Crippen LogP contribution in [0.15, 0.2) is 15.9 Å². The normalized spacial score (nSPS) is 21.6. The van der Waals surface area contributed by atoms with Crippen LogP contribution in [0, 0.1) is 0 Å². The van der Waals surface area contributed by atoms with Crippen LogP contribution in [0.25, 0.3) is 0 Å². The summed E-state index contributed by atoms with van der Waals surface area (Å²) in [5.41, 5.74) is 0. The van der Waals surface area contributed by atoms with Crippen molar-refractivity contribution in [2.75, 3.05) is 13.1 Å². The van der Waals surface area contributed by atoms with Crippen LogP contribution in [0.4, 0.5) is 0 Å². The number of aliphatic hydroxyl groups is 1. The Balaban J connectivity index is 2.09. The van der Waals surface area contributed by atoms with Crippen molar-refractivity contribution < 1.29 is 9.90 Å². The first-order valence-corrected chi connectivity index (χ1v) is 6.00. The minimum Gasteiger partial charge on any atom is -0.391 e. The van der Waals surface area contributed by atoms with Gasteiger partial charge in [0, 0.05) is 13.1 Å². The van der Waals surface area contributed by atoms with Gasteiger partial charge in [-0.15, -0.1) is 11.3 Å². The first-order chi connectivity index (χ1) is 6.66. The first-order valence-electron chi connectivity index (χ1n) is 4.39. The Morgan fingerprint density at radius 1 is 1.64 bits per heavy atom. The zero-order valence-corrected chi connectivity index (χ0v) is 9.84. The molecule has 0 bridgehead atoms. The summed E-state index contributed by atoms with van der Waals surface area (Å²) in [6.07, 6.45) is 0.348. The smallest absolute Gasteiger partial charge is 0.264 e. The molecule has 0 radical (unpaired) electrons. The number of hydrogen-bond acceptors (Lipinski definition) is 3. The number of carbonyl (C=O) groups excluding carboxylic acids is 1. The fourth-order valence-corrected chi connectivity index (χ4v) is 2.87. The van der Waals surface area contributed by atoms with E-state index in [0.717, 1.165) is 8.66 Å². The molecular weight excluding hydrogens is 266 g/mol. The van der Waals surface area contributed by atoms with Crippen LogP contribution in [0.3, 0.4) is 0 Å². The highest BCUT2D eigenvalue weighted by Crippen LogP contribution is 2.24. The summed E-state index contributed by atoms with van der Waals surface area (Å²) in [4.78, 5) is 14.2. The highest BCUT2D eigenvalue weighted by Gasteiger charge is 2.25. The van der Waals surface area contributed by atoms with Crippen molar-refractivity contribution in [3.05, 3.63) is 20.8 Å². The summed E-state index contributed by atoms with van der Waals surface area (Å²) in [6.45, 7) is 1.13. The maximum Gasteiger partial charge on any atom is 0.264 e. The van der Waals surface area contributed by atoms with Gasteiger partial charge >= 0.3 is 0 Å². The number of rotatable bonds is 1. The lowest BCUT2D eigenvalue weighted by atomic mass is 10.3. The van der Waals surface area contributed by atoms with E-state index in [4.69, 9.17) is 0 Å². The molecule has 1 fully saturated rings. The third-order valence-electron chi connectivity index (χ3n) is 2.23. The zero-order chi connectivity index (χ0) is 10.1. The Bertz CT molecular complexity index is 352. The lowest BCUT2D eigenvalue weighted by Crippen LogP contribution is -2.28. The summed E-state index contributed by atoms with van der Waals surface area (Å²) in [6, 6.07) is 3.67. The lowest BCUT2D eigenvalue weighted by molar-refractivity contribution is 0.0769. The summed E-state index contributed by atoms with van der Waals surface area (Å²) < 4.78 is 0.959. The lowest BCUT2D eigenvalue weighted by Gasteiger charge is -2.13. The predicted octanol–water partition coefficient (Wildman–Crippen LogP) is 1.72. The van der Waals surface area contributed by atoms with Gasteiger partial charge in [0.05, 0.1) is 14.8 Å². The second-order valence-corrected chi connectivity index (χ2v) is 5.76. The zero-order valence-electron chi connectivity index (χ0n) is 7.44. The molecule has 1 aromatic heterocycles. The van der Waals surface area contributed by atoms with E-state index in [9.17, 15) is 9.90 Å². The third-order valence-corrected chi connectivity index (χ3v) is 3.85. The summed E-state index contributed by atoms with van der Waals surface area (Å²) in [5.74, 6) is 0.0252. The second-order valence-electron chi connectivity index (χ2n) is 3.30. The molecule has 1 aliphatic rings. The molecule has 1 aromatic rings. The van der Waals surface area contributed by atoms with Gasteiger partial charge in [-0.25, -0.2) is 0 Å². The highest BCUT2D eigenvalue weighted by molar-refractivity contribution is 9.11. The topological polar surface area (TPSA) is 40.5 Å².